The van der Waals surface area contributed by atoms with Crippen molar-refractivity contribution < 1.29 is 0 Å². The van der Waals surface area contributed by atoms with E-state index >= 15 is 0 Å². The Balaban J connectivity index is 0. The van der Waals surface area contributed by atoms with Gasteiger partial charge in [-0.2, -0.15) is 0 Å². The number of benzene rings is 2. The summed E-state index contributed by atoms with van der Waals surface area (Å²) in [5.41, 5.74) is 15.1. The molecule has 3 N–H and O–H groups in total. The summed E-state index contributed by atoms with van der Waals surface area (Å²) in [7, 11) is 0. The van der Waals surface area contributed by atoms with Crippen molar-refractivity contribution in [1.29, 1.82) is 0 Å². The van der Waals surface area contributed by atoms with Crippen LogP contribution in [0.2, 0.25) is 0 Å². The Labute approximate surface area is 217 Å². The standard InChI is InChI=1S/C14H17N.C7H9N.C6H10.C4H8.C2H6/c1-4-11(3)13-9-15-14(13)12-7-5-6-10(2)8-12;1-6-3-2-4-7(8)5-6;1-5(2)6(3)4;1-3-4-2;1-2/h4-9,14-15H,1-3H3;2-5H,8H2,1H3;1,3H2,2,4H3;3-4H,1-2H3;1-2H3/b11-4+;;;4-3-;. The van der Waals surface area contributed by atoms with Gasteiger partial charge in [0.1, 0.15) is 0 Å². The average Bonchev–Trinajstić information content (AvgIpc) is 2.80. The van der Waals surface area contributed by atoms with E-state index in [1.54, 1.807) is 0 Å². The minimum atomic E-state index is 0.390. The Hall–Kier alpha value is -3.26. The molecule has 0 aliphatic carbocycles. The van der Waals surface area contributed by atoms with Crippen molar-refractivity contribution in [3.05, 3.63) is 125 Å². The third-order valence-corrected chi connectivity index (χ3v) is 5.08. The second-order valence-corrected chi connectivity index (χ2v) is 8.23. The minimum Gasteiger partial charge on any atom is -0.399 e. The van der Waals surface area contributed by atoms with E-state index in [2.05, 4.69) is 75.8 Å². The van der Waals surface area contributed by atoms with E-state index < -0.39 is 0 Å². The molecule has 0 saturated heterocycles. The van der Waals surface area contributed by atoms with Crippen molar-refractivity contribution in [3.8, 4) is 0 Å². The molecule has 2 heteroatoms. The Bertz CT molecular complexity index is 941. The van der Waals surface area contributed by atoms with Gasteiger partial charge in [0.05, 0.1) is 6.04 Å². The lowest BCUT2D eigenvalue weighted by molar-refractivity contribution is 0.639. The monoisotopic (exact) mass is 474 g/mol. The molecule has 0 amide bonds. The van der Waals surface area contributed by atoms with Crippen LogP contribution in [0.25, 0.3) is 0 Å². The van der Waals surface area contributed by atoms with Gasteiger partial charge in [0.2, 0.25) is 0 Å². The highest BCUT2D eigenvalue weighted by Crippen LogP contribution is 2.33. The molecule has 0 aromatic heterocycles. The van der Waals surface area contributed by atoms with Gasteiger partial charge in [0.15, 0.2) is 0 Å². The Kier molecular flexibility index (Phi) is 19.5. The summed E-state index contributed by atoms with van der Waals surface area (Å²) in [4.78, 5) is 0. The van der Waals surface area contributed by atoms with E-state index in [-0.39, 0.29) is 0 Å². The van der Waals surface area contributed by atoms with E-state index in [0.717, 1.165) is 16.8 Å². The summed E-state index contributed by atoms with van der Waals surface area (Å²) >= 11 is 0. The predicted octanol–water partition coefficient (Wildman–Crippen LogP) is 9.81. The van der Waals surface area contributed by atoms with Gasteiger partial charge >= 0.3 is 0 Å². The molecule has 1 unspecified atom stereocenters. The van der Waals surface area contributed by atoms with Gasteiger partial charge in [-0.3, -0.25) is 0 Å². The van der Waals surface area contributed by atoms with Gasteiger partial charge in [-0.05, 0) is 89.8 Å². The zero-order chi connectivity index (χ0) is 27.4. The number of nitrogen functional groups attached to an aromatic ring is 1. The molecule has 2 aromatic carbocycles. The SMILES string of the molecule is C/C=C(\C)C1=CNC1c1cccc(C)c1.C/C=C\C.C=C(C)C(=C)C.CC.Cc1cccc(N)c1. The lowest BCUT2D eigenvalue weighted by Gasteiger charge is -2.30. The molecule has 35 heavy (non-hydrogen) atoms. The number of hydrogen-bond donors (Lipinski definition) is 2. The molecule has 0 saturated carbocycles. The molecule has 2 nitrogen and oxygen atoms in total. The maximum absolute atomic E-state index is 5.46. The third-order valence-electron chi connectivity index (χ3n) is 5.08. The quantitative estimate of drug-likeness (QED) is 0.264. The summed E-state index contributed by atoms with van der Waals surface area (Å²) in [6.07, 6.45) is 8.26. The van der Waals surface area contributed by atoms with Crippen molar-refractivity contribution in [2.75, 3.05) is 5.73 Å². The first-order valence-electron chi connectivity index (χ1n) is 12.4. The first kappa shape index (κ1) is 33.9. The lowest BCUT2D eigenvalue weighted by atomic mass is 9.89. The average molecular weight is 475 g/mol. The number of nitrogens with two attached hydrogens (primary N) is 1. The van der Waals surface area contributed by atoms with E-state index in [4.69, 9.17) is 5.73 Å². The molecule has 1 aliphatic heterocycles. The highest BCUT2D eigenvalue weighted by atomic mass is 15.0. The number of anilines is 1. The summed E-state index contributed by atoms with van der Waals surface area (Å²) < 4.78 is 0. The minimum absolute atomic E-state index is 0.390. The van der Waals surface area contributed by atoms with E-state index in [1.165, 1.54) is 27.8 Å². The second-order valence-electron chi connectivity index (χ2n) is 8.23. The summed E-state index contributed by atoms with van der Waals surface area (Å²) in [5, 5.41) is 3.35. The Morgan fingerprint density at radius 2 is 1.31 bits per heavy atom. The van der Waals surface area contributed by atoms with Gasteiger partial charge in [-0.25, -0.2) is 0 Å². The highest BCUT2D eigenvalue weighted by molar-refractivity contribution is 5.45. The molecule has 2 aromatic rings. The van der Waals surface area contributed by atoms with Gasteiger partial charge in [-0.1, -0.05) is 98.3 Å². The summed E-state index contributed by atoms with van der Waals surface area (Å²) in [5.74, 6) is 0. The molecular formula is C33H50N2. The molecule has 1 aliphatic rings. The normalized spacial score (nSPS) is 13.4. The molecule has 3 rings (SSSR count). The van der Waals surface area contributed by atoms with Crippen LogP contribution in [0.4, 0.5) is 5.69 Å². The van der Waals surface area contributed by atoms with Crippen LogP contribution in [-0.2, 0) is 0 Å². The second kappa shape index (κ2) is 20.1. The number of nitrogens with one attached hydrogen (secondary N) is 1. The maximum Gasteiger partial charge on any atom is 0.0779 e. The molecular weight excluding hydrogens is 424 g/mol. The van der Waals surface area contributed by atoms with Crippen LogP contribution in [0, 0.1) is 13.8 Å². The van der Waals surface area contributed by atoms with Crippen LogP contribution >= 0.6 is 0 Å². The van der Waals surface area contributed by atoms with Crippen LogP contribution in [0.5, 0.6) is 0 Å². The maximum atomic E-state index is 5.46. The van der Waals surface area contributed by atoms with Gasteiger partial charge in [0, 0.05) is 11.9 Å². The van der Waals surface area contributed by atoms with E-state index in [0.29, 0.717) is 6.04 Å². The Morgan fingerprint density at radius 3 is 1.60 bits per heavy atom. The number of hydrogen-bond acceptors (Lipinski definition) is 2. The van der Waals surface area contributed by atoms with Crippen molar-refractivity contribution in [1.82, 2.24) is 5.32 Å². The van der Waals surface area contributed by atoms with Gasteiger partial charge in [0.25, 0.3) is 0 Å². The summed E-state index contributed by atoms with van der Waals surface area (Å²) in [6.45, 7) is 27.6. The van der Waals surface area contributed by atoms with Crippen molar-refractivity contribution >= 4 is 5.69 Å². The van der Waals surface area contributed by atoms with Crippen LogP contribution in [0.1, 0.15) is 78.1 Å². The summed E-state index contributed by atoms with van der Waals surface area (Å²) in [6, 6.07) is 16.9. The molecule has 0 spiro atoms. The molecule has 0 fully saturated rings. The molecule has 0 radical (unpaired) electrons. The molecule has 1 heterocycles. The van der Waals surface area contributed by atoms with Crippen LogP contribution < -0.4 is 11.1 Å². The first-order valence-corrected chi connectivity index (χ1v) is 12.4. The molecule has 192 valence electrons. The third kappa shape index (κ3) is 15.3. The zero-order valence-corrected chi connectivity index (χ0v) is 24.0. The van der Waals surface area contributed by atoms with Gasteiger partial charge in [-0.15, -0.1) is 0 Å². The van der Waals surface area contributed by atoms with Gasteiger partial charge < -0.3 is 11.1 Å². The number of aryl methyl sites for hydroxylation is 2. The number of allylic oxidation sites excluding steroid dienone is 5. The predicted molar refractivity (Wildman–Crippen MR) is 162 cm³/mol. The fourth-order valence-electron chi connectivity index (χ4n) is 2.55. The van der Waals surface area contributed by atoms with Crippen molar-refractivity contribution in [2.24, 2.45) is 0 Å². The van der Waals surface area contributed by atoms with E-state index in [9.17, 15) is 0 Å². The van der Waals surface area contributed by atoms with E-state index in [1.807, 2.05) is 84.9 Å². The van der Waals surface area contributed by atoms with Crippen LogP contribution in [0.3, 0.4) is 0 Å². The smallest absolute Gasteiger partial charge is 0.0779 e. The topological polar surface area (TPSA) is 38.0 Å². The fourth-order valence-corrected chi connectivity index (χ4v) is 2.55. The van der Waals surface area contributed by atoms with Crippen LogP contribution in [0.15, 0.2) is 108 Å². The largest absolute Gasteiger partial charge is 0.399 e. The van der Waals surface area contributed by atoms with Crippen molar-refractivity contribution in [3.63, 3.8) is 0 Å². The first-order chi connectivity index (χ1) is 16.6. The zero-order valence-electron chi connectivity index (χ0n) is 24.0. The fraction of sp³-hybridized carbons (Fsp3) is 0.333. The Morgan fingerprint density at radius 1 is 0.829 bits per heavy atom. The molecule has 0 bridgehead atoms. The molecule has 1 atom stereocenters. The van der Waals surface area contributed by atoms with Crippen LogP contribution in [-0.4, -0.2) is 0 Å². The number of rotatable bonds is 3. The highest BCUT2D eigenvalue weighted by Gasteiger charge is 2.23. The van der Waals surface area contributed by atoms with Crippen molar-refractivity contribution in [2.45, 2.75) is 75.3 Å². The lowest BCUT2D eigenvalue weighted by Crippen LogP contribution is -2.28.